The Balaban J connectivity index is -0.00000000346. The monoisotopic (exact) mass is 476 g/mol. The van der Waals surface area contributed by atoms with Crippen molar-refractivity contribution < 1.29 is 135 Å². The maximum absolute atomic E-state index is 8.47. The van der Waals surface area contributed by atoms with Crippen molar-refractivity contribution in [3.63, 3.8) is 0 Å². The van der Waals surface area contributed by atoms with Gasteiger partial charge < -0.3 is 35.9 Å². The minimum Gasteiger partial charge on any atom is -0.671 e. The van der Waals surface area contributed by atoms with Gasteiger partial charge >= 0.3 is 57.4 Å². The number of hydrogen-bond acceptors (Lipinski definition) is 2. The number of halogens is 2. The molecule has 0 aliphatic heterocycles. The second-order valence-corrected chi connectivity index (χ2v) is 2.89. The molecule has 0 spiro atoms. The molecule has 0 aromatic carbocycles. The van der Waals surface area contributed by atoms with Crippen LogP contribution in [0.25, 0.3) is 11.5 Å². The van der Waals surface area contributed by atoms with Crippen LogP contribution in [0.4, 0.5) is 0 Å². The number of nitrogens with one attached hydrogen (secondary N) is 2. The second kappa shape index (κ2) is 129. The fourth-order valence-corrected chi connectivity index (χ4v) is 0. The molecule has 0 radical (unpaired) electrons. The predicted octanol–water partition coefficient (Wildman–Crippen LogP) is 2.65. The molecule has 0 aromatic rings. The van der Waals surface area contributed by atoms with Crippen LogP contribution in [0, 0.1) is 14.9 Å². The van der Waals surface area contributed by atoms with E-state index in [9.17, 15) is 0 Å². The first-order chi connectivity index (χ1) is 4.24. The first-order valence-corrected chi connectivity index (χ1v) is 5.72. The Hall–Kier alpha value is 3.81. The van der Waals surface area contributed by atoms with Crippen LogP contribution >= 0.6 is 18.6 Å². The zero-order valence-electron chi connectivity index (χ0n) is 8.73. The minimum absolute atomic E-state index is 0. The van der Waals surface area contributed by atoms with Crippen LogP contribution in [-0.2, 0) is 135 Å². The Morgan fingerprint density at radius 2 is 0.812 bits per heavy atom. The van der Waals surface area contributed by atoms with E-state index in [2.05, 4.69) is 0 Å². The summed E-state index contributed by atoms with van der Waals surface area (Å²) in [6.07, 6.45) is 0. The van der Waals surface area contributed by atoms with Crippen LogP contribution in [0.1, 0.15) is 0 Å². The SMILES string of the molecule is [CH3-].[CH3-].[Cl][Ti][Cl].[NH-]C=O.[NH-]C=O.[Ti+2].[Ti].[Ti].[Ti].[Ti]. The van der Waals surface area contributed by atoms with Gasteiger partial charge in [0.1, 0.15) is 0 Å². The van der Waals surface area contributed by atoms with Crippen molar-refractivity contribution in [3.05, 3.63) is 26.3 Å². The third-order valence-corrected chi connectivity index (χ3v) is 0. The van der Waals surface area contributed by atoms with E-state index in [1.165, 1.54) is 0 Å². The van der Waals surface area contributed by atoms with Gasteiger partial charge in [-0.3, -0.25) is 0 Å². The van der Waals surface area contributed by atoms with Gasteiger partial charge in [-0.05, 0) is 0 Å². The van der Waals surface area contributed by atoms with Crippen molar-refractivity contribution in [1.29, 1.82) is 0 Å². The third kappa shape index (κ3) is 347. The van der Waals surface area contributed by atoms with Gasteiger partial charge in [0.15, 0.2) is 0 Å². The smallest absolute Gasteiger partial charge is 0.671 e. The molecule has 0 atom stereocenters. The fraction of sp³-hybridized carbons (Fsp3) is 0. The van der Waals surface area contributed by atoms with Crippen molar-refractivity contribution in [1.82, 2.24) is 0 Å². The standard InChI is InChI=1S/2CH3NO.2CH3.2ClH.6Ti/c2*2-1-3;;;;;;;;;;/h2*1H,(H2,2,3);2*1H3;2*1H;;;;;;/q;;2*-1;;;;;;;2*+2/p-4. The predicted molar refractivity (Wildman–Crippen MR) is 45.3 cm³/mol. The molecule has 12 heteroatoms. The molecule has 2 N–H and O–H groups in total. The zero-order valence-corrected chi connectivity index (χ0v) is 19.6. The summed E-state index contributed by atoms with van der Waals surface area (Å²) in [7, 11) is 9.78. The fourth-order valence-electron chi connectivity index (χ4n) is 0. The molecule has 2 amide bonds. The summed E-state index contributed by atoms with van der Waals surface area (Å²) >= 11 is -0.556. The minimum atomic E-state index is -0.556. The Morgan fingerprint density at radius 3 is 0.812 bits per heavy atom. The summed E-state index contributed by atoms with van der Waals surface area (Å²) in [4.78, 5) is 16.9. The van der Waals surface area contributed by atoms with E-state index >= 15 is 0 Å². The molecular formula is C4H10Cl2N2O2Ti6-2. The van der Waals surface area contributed by atoms with Crippen LogP contribution in [0.2, 0.25) is 0 Å². The number of carbonyl (C=O) groups is 2. The molecule has 0 unspecified atom stereocenters. The summed E-state index contributed by atoms with van der Waals surface area (Å²) in [5.74, 6) is 0. The maximum Gasteiger partial charge on any atom is 2.00 e. The van der Waals surface area contributed by atoms with E-state index in [1.54, 1.807) is 0 Å². The molecule has 4 nitrogen and oxygen atoms in total. The van der Waals surface area contributed by atoms with Crippen molar-refractivity contribution >= 4 is 31.4 Å². The molecule has 0 saturated heterocycles. The van der Waals surface area contributed by atoms with E-state index in [1.807, 2.05) is 0 Å². The molecule has 0 heterocycles. The Bertz CT molecular complexity index is 63.8. The average Bonchev–Trinajstić information content (AvgIpc) is 1.70. The number of carbonyl (C=O) groups excluding carboxylic acids is 2. The van der Waals surface area contributed by atoms with Gasteiger partial charge in [-0.2, -0.15) is 0 Å². The average molecular weight is 476 g/mol. The van der Waals surface area contributed by atoms with Crippen molar-refractivity contribution in [3.8, 4) is 0 Å². The maximum atomic E-state index is 8.47. The molecule has 0 bridgehead atoms. The number of rotatable bonds is 0. The molecule has 0 rings (SSSR count). The largest absolute Gasteiger partial charge is 2.00 e. The van der Waals surface area contributed by atoms with Crippen LogP contribution in [0.3, 0.4) is 0 Å². The van der Waals surface area contributed by atoms with Gasteiger partial charge in [-0.1, -0.05) is 0 Å². The number of hydrogen-bond donors (Lipinski definition) is 0. The molecule has 0 aliphatic rings. The molecule has 0 aromatic heterocycles. The van der Waals surface area contributed by atoms with Gasteiger partial charge in [0.25, 0.3) is 0 Å². The van der Waals surface area contributed by atoms with Crippen molar-refractivity contribution in [2.45, 2.75) is 0 Å². The number of amides is 2. The second-order valence-electron chi connectivity index (χ2n) is 0.307. The summed E-state index contributed by atoms with van der Waals surface area (Å²) in [5, 5.41) is 0. The van der Waals surface area contributed by atoms with Gasteiger partial charge in [0.2, 0.25) is 0 Å². The molecule has 0 aliphatic carbocycles. The molecular weight excluding hydrogens is 466 g/mol. The molecule has 88 valence electrons. The normalized spacial score (nSPS) is 2.38. The van der Waals surface area contributed by atoms with Gasteiger partial charge in [0, 0.05) is 99.7 Å². The van der Waals surface area contributed by atoms with E-state index in [-0.39, 0.29) is 136 Å². The summed E-state index contributed by atoms with van der Waals surface area (Å²) in [5.41, 5.74) is 11.1. The first kappa shape index (κ1) is 72.8. The Labute approximate surface area is 189 Å². The first-order valence-electron chi connectivity index (χ1n) is 1.43. The Kier molecular flexibility index (Phi) is 586. The van der Waals surface area contributed by atoms with Crippen LogP contribution < -0.4 is 0 Å². The van der Waals surface area contributed by atoms with Crippen molar-refractivity contribution in [2.24, 2.45) is 0 Å². The van der Waals surface area contributed by atoms with E-state index in [0.717, 1.165) is 0 Å². The van der Waals surface area contributed by atoms with Gasteiger partial charge in [0.05, 0.1) is 0 Å². The van der Waals surface area contributed by atoms with Crippen LogP contribution in [0.5, 0.6) is 0 Å². The van der Waals surface area contributed by atoms with E-state index < -0.39 is 17.0 Å². The molecule has 16 heavy (non-hydrogen) atoms. The van der Waals surface area contributed by atoms with E-state index in [4.69, 9.17) is 39.7 Å². The van der Waals surface area contributed by atoms with Crippen molar-refractivity contribution in [2.75, 3.05) is 0 Å². The summed E-state index contributed by atoms with van der Waals surface area (Å²) in [6.45, 7) is 0. The zero-order chi connectivity index (χ0) is 8.12. The topological polar surface area (TPSA) is 81.7 Å². The third-order valence-electron chi connectivity index (χ3n) is 0. The molecule has 0 saturated carbocycles. The van der Waals surface area contributed by atoms with Gasteiger partial charge in [-0.25, -0.2) is 0 Å². The van der Waals surface area contributed by atoms with Crippen LogP contribution in [-0.4, -0.2) is 12.8 Å². The van der Waals surface area contributed by atoms with Gasteiger partial charge in [-0.15, -0.1) is 0 Å². The summed E-state index contributed by atoms with van der Waals surface area (Å²) in [6, 6.07) is 0. The van der Waals surface area contributed by atoms with E-state index in [0.29, 0.717) is 0 Å². The summed E-state index contributed by atoms with van der Waals surface area (Å²) < 4.78 is 0. The van der Waals surface area contributed by atoms with Crippen LogP contribution in [0.15, 0.2) is 0 Å². The Morgan fingerprint density at radius 1 is 0.812 bits per heavy atom. The quantitative estimate of drug-likeness (QED) is 0.306. The molecule has 0 fully saturated rings.